The summed E-state index contributed by atoms with van der Waals surface area (Å²) >= 11 is 0. The zero-order valence-corrected chi connectivity index (χ0v) is 15.4. The number of aldehydes is 1. The molecule has 0 aromatic carbocycles. The van der Waals surface area contributed by atoms with E-state index >= 15 is 0 Å². The summed E-state index contributed by atoms with van der Waals surface area (Å²) in [6.45, 7) is 14.3. The van der Waals surface area contributed by atoms with E-state index in [0.29, 0.717) is 18.6 Å². The molecule has 0 bridgehead atoms. The van der Waals surface area contributed by atoms with Crippen molar-refractivity contribution in [1.29, 1.82) is 0 Å². The van der Waals surface area contributed by atoms with Gasteiger partial charge >= 0.3 is 5.97 Å². The third kappa shape index (κ3) is 8.17. The zero-order chi connectivity index (χ0) is 16.6. The molecule has 0 aromatic heterocycles. The van der Waals surface area contributed by atoms with E-state index in [1.165, 1.54) is 0 Å². The van der Waals surface area contributed by atoms with Crippen LogP contribution < -0.4 is 0 Å². The van der Waals surface area contributed by atoms with Crippen LogP contribution in [-0.4, -0.2) is 33.3 Å². The van der Waals surface area contributed by atoms with Crippen molar-refractivity contribution in [3.63, 3.8) is 0 Å². The predicted molar refractivity (Wildman–Crippen MR) is 87.6 cm³/mol. The lowest BCUT2D eigenvalue weighted by Gasteiger charge is -2.33. The van der Waals surface area contributed by atoms with Crippen molar-refractivity contribution < 1.29 is 18.8 Å². The highest BCUT2D eigenvalue weighted by Gasteiger charge is 2.29. The largest absolute Gasteiger partial charge is 0.463 e. The van der Waals surface area contributed by atoms with Gasteiger partial charge in [0.25, 0.3) is 0 Å². The van der Waals surface area contributed by atoms with E-state index in [4.69, 9.17) is 9.16 Å². The van der Waals surface area contributed by atoms with Crippen LogP contribution in [0.15, 0.2) is 11.6 Å². The van der Waals surface area contributed by atoms with E-state index in [-0.39, 0.29) is 23.9 Å². The van der Waals surface area contributed by atoms with Crippen LogP contribution >= 0.6 is 0 Å². The van der Waals surface area contributed by atoms with Crippen molar-refractivity contribution in [1.82, 2.24) is 0 Å². The lowest BCUT2D eigenvalue weighted by molar-refractivity contribution is -0.138. The molecule has 0 aliphatic carbocycles. The van der Waals surface area contributed by atoms with Gasteiger partial charge in [0.2, 0.25) is 0 Å². The third-order valence-corrected chi connectivity index (χ3v) is 4.13. The Kier molecular flexibility index (Phi) is 8.74. The number of hydrogen-bond donors (Lipinski definition) is 0. The van der Waals surface area contributed by atoms with Gasteiger partial charge < -0.3 is 14.0 Å². The van der Waals surface area contributed by atoms with Crippen molar-refractivity contribution in [2.75, 3.05) is 6.61 Å². The Hall–Kier alpha value is -0.943. The van der Waals surface area contributed by atoms with Crippen LogP contribution in [0.25, 0.3) is 0 Å². The summed E-state index contributed by atoms with van der Waals surface area (Å²) in [5.41, 5.74) is 0.590. The number of carbonyl (C=O) groups excluding carboxylic acids is 2. The van der Waals surface area contributed by atoms with Crippen LogP contribution in [-0.2, 0) is 18.8 Å². The fourth-order valence-corrected chi connectivity index (χ4v) is 3.50. The highest BCUT2D eigenvalue weighted by molar-refractivity contribution is 6.69. The molecule has 0 spiro atoms. The molecule has 0 saturated carbocycles. The summed E-state index contributed by atoms with van der Waals surface area (Å²) in [7, 11) is -1.73. The molecule has 0 saturated heterocycles. The molecular formula is C16H30O4Si. The van der Waals surface area contributed by atoms with Crippen molar-refractivity contribution in [2.24, 2.45) is 11.8 Å². The summed E-state index contributed by atoms with van der Waals surface area (Å²) in [6.07, 6.45) is 3.22. The molecule has 4 nitrogen and oxygen atoms in total. The molecule has 21 heavy (non-hydrogen) atoms. The summed E-state index contributed by atoms with van der Waals surface area (Å²) in [5.74, 6) is -0.120. The Bertz CT molecular complexity index is 371. The maximum Gasteiger partial charge on any atom is 0.333 e. The number of carbonyl (C=O) groups is 2. The lowest BCUT2D eigenvalue weighted by Crippen LogP contribution is -2.39. The Morgan fingerprint density at radius 2 is 1.81 bits per heavy atom. The first kappa shape index (κ1) is 20.1. The van der Waals surface area contributed by atoms with Gasteiger partial charge in [0.1, 0.15) is 6.29 Å². The molecule has 0 radical (unpaired) electrons. The molecule has 0 aliphatic rings. The number of rotatable bonds is 9. The molecule has 0 heterocycles. The normalized spacial score (nSPS) is 17.0. The number of esters is 1. The minimum absolute atomic E-state index is 0.0519. The Balaban J connectivity index is 5.09. The second-order valence-electron chi connectivity index (χ2n) is 6.50. The van der Waals surface area contributed by atoms with E-state index in [9.17, 15) is 9.59 Å². The second-order valence-corrected chi connectivity index (χ2v) is 11.0. The second kappa shape index (κ2) is 9.15. The first-order valence-electron chi connectivity index (χ1n) is 7.59. The van der Waals surface area contributed by atoms with E-state index in [1.807, 2.05) is 19.9 Å². The minimum atomic E-state index is -1.73. The maximum absolute atomic E-state index is 11.7. The first-order valence-corrected chi connectivity index (χ1v) is 11.0. The molecule has 3 atom stereocenters. The SMILES string of the molecule is CCOC(=O)/C(C)=C/[C@@H](C)[C@@H](O[Si](C)(C)C)[C@@H](C)CC=O. The minimum Gasteiger partial charge on any atom is -0.463 e. The molecule has 0 amide bonds. The van der Waals surface area contributed by atoms with Crippen molar-refractivity contribution in [3.05, 3.63) is 11.6 Å². The van der Waals surface area contributed by atoms with Crippen molar-refractivity contribution in [3.8, 4) is 0 Å². The smallest absolute Gasteiger partial charge is 0.333 e. The average molecular weight is 314 g/mol. The van der Waals surface area contributed by atoms with Crippen LogP contribution in [0.1, 0.15) is 34.1 Å². The number of ether oxygens (including phenoxy) is 1. The van der Waals surface area contributed by atoms with Gasteiger partial charge in [-0.15, -0.1) is 0 Å². The molecule has 0 rings (SSSR count). The molecule has 0 aromatic rings. The summed E-state index contributed by atoms with van der Waals surface area (Å²) < 4.78 is 11.2. The van der Waals surface area contributed by atoms with Gasteiger partial charge in [-0.3, -0.25) is 0 Å². The van der Waals surface area contributed by atoms with Gasteiger partial charge in [0, 0.05) is 17.9 Å². The highest BCUT2D eigenvalue weighted by Crippen LogP contribution is 2.25. The average Bonchev–Trinajstić information content (AvgIpc) is 2.35. The summed E-state index contributed by atoms with van der Waals surface area (Å²) in [6, 6.07) is 0. The molecule has 0 unspecified atom stereocenters. The van der Waals surface area contributed by atoms with E-state index in [0.717, 1.165) is 6.29 Å². The van der Waals surface area contributed by atoms with E-state index < -0.39 is 8.32 Å². The fraction of sp³-hybridized carbons (Fsp3) is 0.750. The van der Waals surface area contributed by atoms with Crippen LogP contribution in [0, 0.1) is 11.8 Å². The van der Waals surface area contributed by atoms with Crippen LogP contribution in [0.3, 0.4) is 0 Å². The molecule has 122 valence electrons. The summed E-state index contributed by atoms with van der Waals surface area (Å²) in [5, 5.41) is 0. The van der Waals surface area contributed by atoms with Gasteiger partial charge in [-0.05, 0) is 39.4 Å². The molecular weight excluding hydrogens is 284 g/mol. The monoisotopic (exact) mass is 314 g/mol. The fourth-order valence-electron chi connectivity index (χ4n) is 2.24. The standard InChI is InChI=1S/C16H30O4Si/c1-8-19-16(18)14(4)11-13(3)15(12(2)9-10-17)20-21(5,6)7/h10-13,15H,8-9H2,1-7H3/b14-11+/t12-,13+,15-/m0/s1. The van der Waals surface area contributed by atoms with Gasteiger partial charge in [-0.1, -0.05) is 19.9 Å². The molecule has 5 heteroatoms. The summed E-state index contributed by atoms with van der Waals surface area (Å²) in [4.78, 5) is 22.5. The highest BCUT2D eigenvalue weighted by atomic mass is 28.4. The molecule has 0 fully saturated rings. The molecule has 0 N–H and O–H groups in total. The lowest BCUT2D eigenvalue weighted by atomic mass is 9.90. The van der Waals surface area contributed by atoms with Gasteiger partial charge in [0.15, 0.2) is 8.32 Å². The third-order valence-electron chi connectivity index (χ3n) is 3.15. The maximum atomic E-state index is 11.7. The van der Waals surface area contributed by atoms with Crippen LogP contribution in [0.5, 0.6) is 0 Å². The van der Waals surface area contributed by atoms with Gasteiger partial charge in [0.05, 0.1) is 12.7 Å². The Morgan fingerprint density at radius 1 is 1.24 bits per heavy atom. The van der Waals surface area contributed by atoms with Gasteiger partial charge in [-0.2, -0.15) is 0 Å². The Morgan fingerprint density at radius 3 is 2.24 bits per heavy atom. The van der Waals surface area contributed by atoms with Gasteiger partial charge in [-0.25, -0.2) is 4.79 Å². The van der Waals surface area contributed by atoms with Crippen LogP contribution in [0.4, 0.5) is 0 Å². The van der Waals surface area contributed by atoms with Crippen molar-refractivity contribution in [2.45, 2.75) is 59.9 Å². The zero-order valence-electron chi connectivity index (χ0n) is 14.4. The molecule has 0 aliphatic heterocycles. The van der Waals surface area contributed by atoms with E-state index in [1.54, 1.807) is 13.8 Å². The van der Waals surface area contributed by atoms with E-state index in [2.05, 4.69) is 19.6 Å². The Labute approximate surface area is 130 Å². The van der Waals surface area contributed by atoms with Crippen molar-refractivity contribution >= 4 is 20.6 Å². The predicted octanol–water partition coefficient (Wildman–Crippen LogP) is 3.58. The quantitative estimate of drug-likeness (QED) is 0.282. The number of hydrogen-bond acceptors (Lipinski definition) is 4. The topological polar surface area (TPSA) is 52.6 Å². The first-order chi connectivity index (χ1) is 9.62. The van der Waals surface area contributed by atoms with Crippen LogP contribution in [0.2, 0.25) is 19.6 Å².